The molecule has 0 amide bonds. The molecule has 1 atom stereocenters. The Hall–Kier alpha value is -2.50. The molecule has 6 heteroatoms. The molecule has 0 saturated heterocycles. The third-order valence-electron chi connectivity index (χ3n) is 3.49. The lowest BCUT2D eigenvalue weighted by atomic mass is 10.1. The summed E-state index contributed by atoms with van der Waals surface area (Å²) >= 11 is 5.88. The predicted molar refractivity (Wildman–Crippen MR) is 92.3 cm³/mol. The minimum absolute atomic E-state index is 0.296. The van der Waals surface area contributed by atoms with Gasteiger partial charge in [-0.1, -0.05) is 41.9 Å². The molecule has 0 bridgehead atoms. The van der Waals surface area contributed by atoms with Gasteiger partial charge in [0.1, 0.15) is 18.0 Å². The van der Waals surface area contributed by atoms with Crippen LogP contribution >= 0.6 is 11.6 Å². The van der Waals surface area contributed by atoms with Gasteiger partial charge in [-0.3, -0.25) is 0 Å². The fourth-order valence-corrected chi connectivity index (χ4v) is 2.53. The molecule has 0 spiro atoms. The Kier molecular flexibility index (Phi) is 5.03. The van der Waals surface area contributed by atoms with Crippen molar-refractivity contribution in [2.75, 3.05) is 11.9 Å². The summed E-state index contributed by atoms with van der Waals surface area (Å²) in [6, 6.07) is 15.3. The van der Waals surface area contributed by atoms with E-state index >= 15 is 0 Å². The topological polar surface area (TPSA) is 58.0 Å². The highest BCUT2D eigenvalue weighted by molar-refractivity contribution is 6.30. The lowest BCUT2D eigenvalue weighted by Crippen LogP contribution is -2.13. The van der Waals surface area contributed by atoms with Crippen LogP contribution in [0.3, 0.4) is 0 Å². The van der Waals surface area contributed by atoms with Crippen LogP contribution in [0.5, 0.6) is 0 Å². The van der Waals surface area contributed by atoms with E-state index in [1.807, 2.05) is 30.3 Å². The number of anilines is 1. The lowest BCUT2D eigenvalue weighted by molar-refractivity contribution is 0.191. The number of halogens is 2. The average molecular weight is 344 g/mol. The van der Waals surface area contributed by atoms with Gasteiger partial charge in [0.15, 0.2) is 0 Å². The fourth-order valence-electron chi connectivity index (χ4n) is 2.31. The third kappa shape index (κ3) is 4.07. The molecule has 3 rings (SSSR count). The standard InChI is InChI=1S/C18H15ClFN3O/c19-14-6-13(7-15(20)8-14)16-9-18(23-11-22-16)21-10-17(24)12-4-2-1-3-5-12/h1-9,11,17,24H,10H2,(H,21,22,23)/t17-/m0/s1. The van der Waals surface area contributed by atoms with E-state index in [1.165, 1.54) is 18.5 Å². The van der Waals surface area contributed by atoms with Crippen molar-refractivity contribution in [3.8, 4) is 11.3 Å². The summed E-state index contributed by atoms with van der Waals surface area (Å²) in [5.74, 6) is 0.112. The quantitative estimate of drug-likeness (QED) is 0.733. The van der Waals surface area contributed by atoms with Gasteiger partial charge in [-0.2, -0.15) is 0 Å². The van der Waals surface area contributed by atoms with Gasteiger partial charge in [0.05, 0.1) is 11.8 Å². The van der Waals surface area contributed by atoms with Crippen LogP contribution in [-0.2, 0) is 0 Å². The molecular formula is C18H15ClFN3O. The number of aromatic nitrogens is 2. The maximum atomic E-state index is 13.5. The van der Waals surface area contributed by atoms with Crippen molar-refractivity contribution in [3.63, 3.8) is 0 Å². The highest BCUT2D eigenvalue weighted by Gasteiger charge is 2.09. The van der Waals surface area contributed by atoms with Crippen LogP contribution in [0.25, 0.3) is 11.3 Å². The Labute approximate surface area is 144 Å². The molecule has 0 fully saturated rings. The molecule has 2 N–H and O–H groups in total. The second-order valence-corrected chi connectivity index (χ2v) is 5.69. The first-order chi connectivity index (χ1) is 11.6. The van der Waals surface area contributed by atoms with Crippen LogP contribution < -0.4 is 5.32 Å². The number of hydrogen-bond acceptors (Lipinski definition) is 4. The lowest BCUT2D eigenvalue weighted by Gasteiger charge is -2.13. The number of aliphatic hydroxyl groups is 1. The van der Waals surface area contributed by atoms with Crippen molar-refractivity contribution in [2.45, 2.75) is 6.10 Å². The average Bonchev–Trinajstić information content (AvgIpc) is 2.60. The molecule has 1 aromatic heterocycles. The predicted octanol–water partition coefficient (Wildman–Crippen LogP) is 4.08. The van der Waals surface area contributed by atoms with Crippen LogP contribution in [0.1, 0.15) is 11.7 Å². The van der Waals surface area contributed by atoms with E-state index in [9.17, 15) is 9.50 Å². The molecule has 2 aromatic carbocycles. The summed E-state index contributed by atoms with van der Waals surface area (Å²) in [6.07, 6.45) is 0.721. The number of hydrogen-bond donors (Lipinski definition) is 2. The molecular weight excluding hydrogens is 329 g/mol. The maximum Gasteiger partial charge on any atom is 0.130 e. The van der Waals surface area contributed by atoms with Gasteiger partial charge in [0.2, 0.25) is 0 Å². The molecule has 4 nitrogen and oxygen atoms in total. The zero-order chi connectivity index (χ0) is 16.9. The van der Waals surface area contributed by atoms with Crippen molar-refractivity contribution >= 4 is 17.4 Å². The van der Waals surface area contributed by atoms with Gasteiger partial charge in [-0.05, 0) is 23.8 Å². The molecule has 0 aliphatic heterocycles. The Balaban J connectivity index is 1.74. The highest BCUT2D eigenvalue weighted by Crippen LogP contribution is 2.24. The van der Waals surface area contributed by atoms with Crippen LogP contribution in [0.15, 0.2) is 60.9 Å². The number of benzene rings is 2. The zero-order valence-electron chi connectivity index (χ0n) is 12.7. The van der Waals surface area contributed by atoms with Gasteiger partial charge < -0.3 is 10.4 Å². The number of rotatable bonds is 5. The second-order valence-electron chi connectivity index (χ2n) is 5.25. The van der Waals surface area contributed by atoms with Crippen molar-refractivity contribution in [3.05, 3.63) is 77.3 Å². The normalized spacial score (nSPS) is 12.0. The van der Waals surface area contributed by atoms with Crippen molar-refractivity contribution < 1.29 is 9.50 Å². The Bertz CT molecular complexity index is 809. The van der Waals surface area contributed by atoms with Crippen LogP contribution in [-0.4, -0.2) is 21.6 Å². The third-order valence-corrected chi connectivity index (χ3v) is 3.70. The summed E-state index contributed by atoms with van der Waals surface area (Å²) in [7, 11) is 0. The van der Waals surface area contributed by atoms with Gasteiger partial charge >= 0.3 is 0 Å². The van der Waals surface area contributed by atoms with E-state index in [4.69, 9.17) is 11.6 Å². The molecule has 0 unspecified atom stereocenters. The number of nitrogens with one attached hydrogen (secondary N) is 1. The van der Waals surface area contributed by atoms with Crippen LogP contribution in [0, 0.1) is 5.82 Å². The number of nitrogens with zero attached hydrogens (tertiary/aromatic N) is 2. The monoisotopic (exact) mass is 343 g/mol. The first-order valence-corrected chi connectivity index (χ1v) is 7.75. The smallest absolute Gasteiger partial charge is 0.130 e. The minimum atomic E-state index is -0.659. The SMILES string of the molecule is O[C@@H](CNc1cc(-c2cc(F)cc(Cl)c2)ncn1)c1ccccc1. The summed E-state index contributed by atoms with van der Waals surface area (Å²) in [5, 5.41) is 13.5. The molecule has 0 radical (unpaired) electrons. The van der Waals surface area contributed by atoms with Gasteiger partial charge in [0, 0.05) is 23.2 Å². The Morgan fingerprint density at radius 3 is 2.62 bits per heavy atom. The molecule has 24 heavy (non-hydrogen) atoms. The zero-order valence-corrected chi connectivity index (χ0v) is 13.4. The maximum absolute atomic E-state index is 13.5. The summed E-state index contributed by atoms with van der Waals surface area (Å²) in [4.78, 5) is 8.25. The van der Waals surface area contributed by atoms with E-state index in [0.717, 1.165) is 5.56 Å². The van der Waals surface area contributed by atoms with Gasteiger partial charge in [-0.15, -0.1) is 0 Å². The van der Waals surface area contributed by atoms with Crippen LogP contribution in [0.2, 0.25) is 5.02 Å². The van der Waals surface area contributed by atoms with Crippen molar-refractivity contribution in [2.24, 2.45) is 0 Å². The first-order valence-electron chi connectivity index (χ1n) is 7.37. The van der Waals surface area contributed by atoms with Crippen molar-refractivity contribution in [1.29, 1.82) is 0 Å². The Morgan fingerprint density at radius 1 is 1.08 bits per heavy atom. The summed E-state index contributed by atoms with van der Waals surface area (Å²) in [6.45, 7) is 0.296. The molecule has 122 valence electrons. The molecule has 0 saturated carbocycles. The van der Waals surface area contributed by atoms with Gasteiger partial charge in [0.25, 0.3) is 0 Å². The van der Waals surface area contributed by atoms with E-state index in [1.54, 1.807) is 12.1 Å². The summed E-state index contributed by atoms with van der Waals surface area (Å²) < 4.78 is 13.5. The molecule has 1 heterocycles. The highest BCUT2D eigenvalue weighted by atomic mass is 35.5. The van der Waals surface area contributed by atoms with E-state index < -0.39 is 11.9 Å². The van der Waals surface area contributed by atoms with Gasteiger partial charge in [-0.25, -0.2) is 14.4 Å². The Morgan fingerprint density at radius 2 is 1.88 bits per heavy atom. The minimum Gasteiger partial charge on any atom is -0.387 e. The largest absolute Gasteiger partial charge is 0.387 e. The van der Waals surface area contributed by atoms with E-state index in [2.05, 4.69) is 15.3 Å². The van der Waals surface area contributed by atoms with Crippen molar-refractivity contribution in [1.82, 2.24) is 9.97 Å². The number of aliphatic hydroxyl groups excluding tert-OH is 1. The summed E-state index contributed by atoms with van der Waals surface area (Å²) in [5.41, 5.74) is 1.92. The van der Waals surface area contributed by atoms with Crippen LogP contribution in [0.4, 0.5) is 10.2 Å². The molecule has 3 aromatic rings. The first kappa shape index (κ1) is 16.4. The molecule has 0 aliphatic rings. The molecule has 0 aliphatic carbocycles. The van der Waals surface area contributed by atoms with E-state index in [-0.39, 0.29) is 0 Å². The fraction of sp³-hybridized carbons (Fsp3) is 0.111. The van der Waals surface area contributed by atoms with E-state index in [0.29, 0.717) is 28.6 Å². The second kappa shape index (κ2) is 7.38.